The molecular formula is C24H27N3O5. The minimum absolute atomic E-state index is 0.119. The third-order valence-corrected chi connectivity index (χ3v) is 5.88. The summed E-state index contributed by atoms with van der Waals surface area (Å²) in [6.45, 7) is 9.75. The van der Waals surface area contributed by atoms with Crippen molar-refractivity contribution < 1.29 is 23.6 Å². The SMILES string of the molecule is Cc1noc(C)c1-c1cc(C(=O)[C@@H]2CCO2)c2nc(C3CC3)n(C(=O)OC(C)(C)C)c2c1. The molecule has 2 fully saturated rings. The molecule has 3 heterocycles. The molecule has 1 saturated heterocycles. The number of carbonyl (C=O) groups is 2. The van der Waals surface area contributed by atoms with Crippen LogP contribution in [0.1, 0.15) is 73.6 Å². The molecule has 168 valence electrons. The van der Waals surface area contributed by atoms with Crippen LogP contribution in [-0.4, -0.2) is 44.9 Å². The van der Waals surface area contributed by atoms with Crippen molar-refractivity contribution in [2.45, 2.75) is 71.5 Å². The zero-order valence-corrected chi connectivity index (χ0v) is 19.0. The number of carbonyl (C=O) groups excluding carboxylic acids is 2. The Balaban J connectivity index is 1.77. The quantitative estimate of drug-likeness (QED) is 0.533. The highest BCUT2D eigenvalue weighted by atomic mass is 16.6. The minimum atomic E-state index is -0.661. The van der Waals surface area contributed by atoms with Gasteiger partial charge in [0.25, 0.3) is 0 Å². The first-order chi connectivity index (χ1) is 15.1. The number of aryl methyl sites for hydroxylation is 2. The molecule has 0 radical (unpaired) electrons. The molecule has 8 heteroatoms. The second-order valence-electron chi connectivity index (χ2n) is 9.66. The molecule has 1 aliphatic carbocycles. The van der Waals surface area contributed by atoms with Gasteiger partial charge < -0.3 is 14.0 Å². The number of hydrogen-bond donors (Lipinski definition) is 0. The zero-order valence-electron chi connectivity index (χ0n) is 19.0. The fourth-order valence-corrected chi connectivity index (χ4v) is 4.15. The lowest BCUT2D eigenvalue weighted by atomic mass is 9.95. The first-order valence-electron chi connectivity index (χ1n) is 11.0. The van der Waals surface area contributed by atoms with Crippen LogP contribution in [0.4, 0.5) is 4.79 Å². The fourth-order valence-electron chi connectivity index (χ4n) is 4.15. The van der Waals surface area contributed by atoms with E-state index in [4.69, 9.17) is 19.0 Å². The summed E-state index contributed by atoms with van der Waals surface area (Å²) >= 11 is 0. The van der Waals surface area contributed by atoms with Gasteiger partial charge in [-0.05, 0) is 65.2 Å². The first-order valence-corrected chi connectivity index (χ1v) is 11.0. The van der Waals surface area contributed by atoms with Crippen LogP contribution in [0.5, 0.6) is 0 Å². The maximum absolute atomic E-state index is 13.3. The third kappa shape index (κ3) is 3.52. The number of ether oxygens (including phenoxy) is 2. The summed E-state index contributed by atoms with van der Waals surface area (Å²) in [5.74, 6) is 1.35. The highest BCUT2D eigenvalue weighted by Gasteiger charge is 2.36. The minimum Gasteiger partial charge on any atom is -0.443 e. The third-order valence-electron chi connectivity index (χ3n) is 5.88. The van der Waals surface area contributed by atoms with Crippen LogP contribution in [0.15, 0.2) is 16.7 Å². The molecule has 2 aromatic heterocycles. The van der Waals surface area contributed by atoms with Crippen molar-refractivity contribution in [2.75, 3.05) is 6.61 Å². The van der Waals surface area contributed by atoms with Crippen LogP contribution in [0.2, 0.25) is 0 Å². The number of ketones is 1. The van der Waals surface area contributed by atoms with Gasteiger partial charge in [0.05, 0.1) is 17.8 Å². The van der Waals surface area contributed by atoms with Crippen molar-refractivity contribution >= 4 is 22.9 Å². The van der Waals surface area contributed by atoms with Crippen LogP contribution < -0.4 is 0 Å². The Morgan fingerprint density at radius 3 is 2.41 bits per heavy atom. The number of fused-ring (bicyclic) bond motifs is 1. The van der Waals surface area contributed by atoms with Crippen LogP contribution in [0, 0.1) is 13.8 Å². The molecule has 5 rings (SSSR count). The molecule has 32 heavy (non-hydrogen) atoms. The molecule has 2 aliphatic rings. The monoisotopic (exact) mass is 437 g/mol. The van der Waals surface area contributed by atoms with Gasteiger partial charge in [0, 0.05) is 23.5 Å². The number of nitrogens with zero attached hydrogens (tertiary/aromatic N) is 3. The average molecular weight is 437 g/mol. The normalized spacial score (nSPS) is 18.6. The number of rotatable bonds is 4. The molecular weight excluding hydrogens is 410 g/mol. The smallest absolute Gasteiger partial charge is 0.420 e. The van der Waals surface area contributed by atoms with Crippen molar-refractivity contribution in [3.8, 4) is 11.1 Å². The molecule has 0 N–H and O–H groups in total. The standard InChI is InChI=1S/C24H27N3O5/c1-12-19(13(2)32-26-12)15-10-16(21(28)18-8-9-30-18)20-17(11-15)27(22(25-20)14-6-7-14)23(29)31-24(3,4)5/h10-11,14,18H,6-9H2,1-5H3/t18-/m0/s1. The van der Waals surface area contributed by atoms with Gasteiger partial charge in [0.2, 0.25) is 0 Å². The van der Waals surface area contributed by atoms with E-state index < -0.39 is 17.8 Å². The van der Waals surface area contributed by atoms with Crippen molar-refractivity contribution in [3.63, 3.8) is 0 Å². The summed E-state index contributed by atoms with van der Waals surface area (Å²) in [4.78, 5) is 31.4. The summed E-state index contributed by atoms with van der Waals surface area (Å²) < 4.78 is 18.1. The summed E-state index contributed by atoms with van der Waals surface area (Å²) in [5.41, 5.74) is 3.13. The molecule has 0 unspecified atom stereocenters. The van der Waals surface area contributed by atoms with E-state index in [1.165, 1.54) is 0 Å². The van der Waals surface area contributed by atoms with Crippen molar-refractivity contribution in [1.29, 1.82) is 0 Å². The topological polar surface area (TPSA) is 96.5 Å². The van der Waals surface area contributed by atoms with Gasteiger partial charge in [0.15, 0.2) is 5.78 Å². The van der Waals surface area contributed by atoms with Crippen LogP contribution in [-0.2, 0) is 9.47 Å². The molecule has 8 nitrogen and oxygen atoms in total. The van der Waals surface area contributed by atoms with Crippen LogP contribution in [0.25, 0.3) is 22.2 Å². The number of aromatic nitrogens is 3. The van der Waals surface area contributed by atoms with Crippen LogP contribution in [0.3, 0.4) is 0 Å². The Labute approximate surface area is 185 Å². The van der Waals surface area contributed by atoms with E-state index in [2.05, 4.69) is 5.16 Å². The Bertz CT molecular complexity index is 1220. The summed E-state index contributed by atoms with van der Waals surface area (Å²) in [5, 5.41) is 4.06. The van der Waals surface area contributed by atoms with E-state index in [0.717, 1.165) is 24.0 Å². The zero-order chi connectivity index (χ0) is 22.8. The number of benzene rings is 1. The lowest BCUT2D eigenvalue weighted by Crippen LogP contribution is -2.35. The van der Waals surface area contributed by atoms with Gasteiger partial charge in [-0.1, -0.05) is 5.16 Å². The maximum Gasteiger partial charge on any atom is 0.420 e. The molecule has 0 spiro atoms. The van der Waals surface area contributed by atoms with Gasteiger partial charge in [-0.2, -0.15) is 0 Å². The molecule has 0 amide bonds. The molecule has 1 saturated carbocycles. The largest absolute Gasteiger partial charge is 0.443 e. The van der Waals surface area contributed by atoms with E-state index in [1.807, 2.05) is 46.8 Å². The lowest BCUT2D eigenvalue weighted by molar-refractivity contribution is -0.0318. The Hall–Kier alpha value is -3.00. The Kier molecular flexibility index (Phi) is 4.74. The number of hydrogen-bond acceptors (Lipinski definition) is 7. The van der Waals surface area contributed by atoms with Gasteiger partial charge in [-0.25, -0.2) is 14.3 Å². The predicted molar refractivity (Wildman–Crippen MR) is 117 cm³/mol. The second-order valence-corrected chi connectivity index (χ2v) is 9.66. The highest BCUT2D eigenvalue weighted by Crippen LogP contribution is 2.42. The highest BCUT2D eigenvalue weighted by molar-refractivity contribution is 6.11. The van der Waals surface area contributed by atoms with Crippen molar-refractivity contribution in [1.82, 2.24) is 14.7 Å². The van der Waals surface area contributed by atoms with E-state index in [9.17, 15) is 9.59 Å². The van der Waals surface area contributed by atoms with Gasteiger partial charge in [-0.15, -0.1) is 0 Å². The number of imidazole rings is 1. The van der Waals surface area contributed by atoms with Gasteiger partial charge in [0.1, 0.15) is 28.8 Å². The molecule has 1 aromatic carbocycles. The molecule has 1 aliphatic heterocycles. The Morgan fingerprint density at radius 2 is 1.88 bits per heavy atom. The van der Waals surface area contributed by atoms with Gasteiger partial charge >= 0.3 is 6.09 Å². The first kappa shape index (κ1) is 20.9. The van der Waals surface area contributed by atoms with Crippen molar-refractivity contribution in [3.05, 3.63) is 35.0 Å². The van der Waals surface area contributed by atoms with E-state index in [0.29, 0.717) is 46.9 Å². The Morgan fingerprint density at radius 1 is 1.16 bits per heavy atom. The summed E-state index contributed by atoms with van der Waals surface area (Å²) in [7, 11) is 0. The maximum atomic E-state index is 13.3. The molecule has 0 bridgehead atoms. The van der Waals surface area contributed by atoms with Gasteiger partial charge in [-0.3, -0.25) is 4.79 Å². The lowest BCUT2D eigenvalue weighted by Gasteiger charge is -2.25. The predicted octanol–water partition coefficient (Wildman–Crippen LogP) is 4.94. The van der Waals surface area contributed by atoms with E-state index in [1.54, 1.807) is 4.57 Å². The van der Waals surface area contributed by atoms with E-state index >= 15 is 0 Å². The van der Waals surface area contributed by atoms with Crippen LogP contribution >= 0.6 is 0 Å². The van der Waals surface area contributed by atoms with Crippen molar-refractivity contribution in [2.24, 2.45) is 0 Å². The second kappa shape index (κ2) is 7.27. The number of Topliss-reactive ketones (excluding diaryl/α,β-unsaturated/α-hetero) is 1. The molecule has 3 aromatic rings. The fraction of sp³-hybridized carbons (Fsp3) is 0.500. The van der Waals surface area contributed by atoms with E-state index in [-0.39, 0.29) is 11.7 Å². The summed E-state index contributed by atoms with van der Waals surface area (Å²) in [6.07, 6.45) is 1.62. The molecule has 1 atom stereocenters. The average Bonchev–Trinajstić information content (AvgIpc) is 3.35. The summed E-state index contributed by atoms with van der Waals surface area (Å²) in [6, 6.07) is 3.70.